The Bertz CT molecular complexity index is 209. The van der Waals surface area contributed by atoms with Crippen LogP contribution in [0.3, 0.4) is 0 Å². The van der Waals surface area contributed by atoms with Gasteiger partial charge in [-0.25, -0.2) is 0 Å². The largest absolute Gasteiger partial charge is 0.502 e. The second-order valence-corrected chi connectivity index (χ2v) is 7.60. The molecule has 0 fully saturated rings. The zero-order chi connectivity index (χ0) is 14.4. The molecule has 0 aromatic heterocycles. The lowest BCUT2D eigenvalue weighted by Gasteiger charge is -2.24. The Morgan fingerprint density at radius 2 is 1.32 bits per heavy atom. The predicted octanol–water partition coefficient (Wildman–Crippen LogP) is 3.76. The van der Waals surface area contributed by atoms with Crippen molar-refractivity contribution in [2.24, 2.45) is 0 Å². The van der Waals surface area contributed by atoms with Crippen molar-refractivity contribution in [3.8, 4) is 0 Å². The van der Waals surface area contributed by atoms with Crippen LogP contribution < -0.4 is 0 Å². The van der Waals surface area contributed by atoms with Crippen molar-refractivity contribution in [3.63, 3.8) is 0 Å². The number of rotatable bonds is 13. The minimum absolute atomic E-state index is 0.831. The Kier molecular flexibility index (Phi) is 12.4. The Hall–Kier alpha value is -0.363. The van der Waals surface area contributed by atoms with Crippen LogP contribution >= 0.6 is 0 Å². The molecule has 0 aliphatic heterocycles. The van der Waals surface area contributed by atoms with Crippen LogP contribution in [-0.2, 0) is 18.0 Å². The second-order valence-electron chi connectivity index (χ2n) is 4.51. The molecule has 0 saturated heterocycles. The van der Waals surface area contributed by atoms with E-state index >= 15 is 0 Å². The average molecular weight is 290 g/mol. The Morgan fingerprint density at radius 1 is 0.789 bits per heavy atom. The van der Waals surface area contributed by atoms with Gasteiger partial charge in [0.2, 0.25) is 0 Å². The molecule has 0 aromatic rings. The lowest BCUT2D eigenvalue weighted by atomic mass is 10.1. The number of hydrogen-bond acceptors (Lipinski definition) is 4. The molecule has 0 saturated carbocycles. The highest BCUT2D eigenvalue weighted by Gasteiger charge is 2.36. The standard InChI is InChI=1S/C14H30O4Si/c1-5-12-18-13-10-8-6-7-9-11-14-19(15-2,16-3)17-4/h5,12H,6-11,13-14H2,1-4H3. The van der Waals surface area contributed by atoms with Gasteiger partial charge >= 0.3 is 8.80 Å². The Labute approximate surface area is 119 Å². The maximum atomic E-state index is 5.39. The van der Waals surface area contributed by atoms with Gasteiger partial charge in [-0.3, -0.25) is 0 Å². The molecule has 0 amide bonds. The molecule has 5 heteroatoms. The van der Waals surface area contributed by atoms with Crippen LogP contribution in [-0.4, -0.2) is 36.7 Å². The fourth-order valence-corrected chi connectivity index (χ4v) is 3.75. The maximum Gasteiger partial charge on any atom is 0.500 e. The zero-order valence-electron chi connectivity index (χ0n) is 12.9. The van der Waals surface area contributed by atoms with Crippen molar-refractivity contribution in [2.75, 3.05) is 27.9 Å². The first-order valence-electron chi connectivity index (χ1n) is 7.13. The highest BCUT2D eigenvalue weighted by atomic mass is 28.4. The summed E-state index contributed by atoms with van der Waals surface area (Å²) >= 11 is 0. The average Bonchev–Trinajstić information content (AvgIpc) is 2.46. The fraction of sp³-hybridized carbons (Fsp3) is 0.857. The summed E-state index contributed by atoms with van der Waals surface area (Å²) < 4.78 is 21.4. The van der Waals surface area contributed by atoms with E-state index in [0.717, 1.165) is 25.5 Å². The number of hydrogen-bond donors (Lipinski definition) is 0. The van der Waals surface area contributed by atoms with Crippen molar-refractivity contribution < 1.29 is 18.0 Å². The summed E-state index contributed by atoms with van der Waals surface area (Å²) in [5.41, 5.74) is 0. The molecular formula is C14H30O4Si. The number of ether oxygens (including phenoxy) is 1. The van der Waals surface area contributed by atoms with E-state index in [9.17, 15) is 0 Å². The molecule has 0 radical (unpaired) electrons. The molecule has 0 heterocycles. The van der Waals surface area contributed by atoms with E-state index in [4.69, 9.17) is 18.0 Å². The monoisotopic (exact) mass is 290 g/mol. The van der Waals surface area contributed by atoms with E-state index in [1.165, 1.54) is 25.7 Å². The van der Waals surface area contributed by atoms with E-state index in [-0.39, 0.29) is 0 Å². The third-order valence-electron chi connectivity index (χ3n) is 3.16. The normalized spacial score (nSPS) is 12.2. The quantitative estimate of drug-likeness (QED) is 0.294. The van der Waals surface area contributed by atoms with Gasteiger partial charge in [0, 0.05) is 27.4 Å². The van der Waals surface area contributed by atoms with Gasteiger partial charge in [0.1, 0.15) is 0 Å². The molecule has 0 atom stereocenters. The molecule has 0 bridgehead atoms. The summed E-state index contributed by atoms with van der Waals surface area (Å²) in [6.07, 6.45) is 10.9. The second kappa shape index (κ2) is 12.7. The molecule has 0 unspecified atom stereocenters. The zero-order valence-corrected chi connectivity index (χ0v) is 13.9. The smallest absolute Gasteiger partial charge is 0.500 e. The first kappa shape index (κ1) is 18.6. The van der Waals surface area contributed by atoms with Crippen molar-refractivity contribution in [1.29, 1.82) is 0 Å². The van der Waals surface area contributed by atoms with Crippen LogP contribution in [0.1, 0.15) is 45.4 Å². The number of allylic oxidation sites excluding steroid dienone is 1. The van der Waals surface area contributed by atoms with Crippen molar-refractivity contribution in [2.45, 2.75) is 51.5 Å². The first-order chi connectivity index (χ1) is 9.24. The molecule has 0 aromatic carbocycles. The third kappa shape index (κ3) is 9.21. The van der Waals surface area contributed by atoms with E-state index in [2.05, 4.69) is 0 Å². The van der Waals surface area contributed by atoms with E-state index in [0.29, 0.717) is 0 Å². The first-order valence-corrected chi connectivity index (χ1v) is 9.06. The van der Waals surface area contributed by atoms with Gasteiger partial charge in [-0.15, -0.1) is 0 Å². The molecule has 19 heavy (non-hydrogen) atoms. The van der Waals surface area contributed by atoms with Gasteiger partial charge in [-0.1, -0.05) is 31.8 Å². The highest BCUT2D eigenvalue weighted by Crippen LogP contribution is 2.18. The van der Waals surface area contributed by atoms with Crippen LogP contribution in [0.25, 0.3) is 0 Å². The molecule has 0 aliphatic carbocycles. The molecule has 0 aliphatic rings. The Morgan fingerprint density at radius 3 is 1.84 bits per heavy atom. The molecule has 4 nitrogen and oxygen atoms in total. The van der Waals surface area contributed by atoms with Crippen LogP contribution in [0, 0.1) is 0 Å². The summed E-state index contributed by atoms with van der Waals surface area (Å²) in [7, 11) is 2.68. The molecular weight excluding hydrogens is 260 g/mol. The molecule has 0 rings (SSSR count). The van der Waals surface area contributed by atoms with Crippen LogP contribution in [0.4, 0.5) is 0 Å². The summed E-state index contributed by atoms with van der Waals surface area (Å²) in [6, 6.07) is 0.904. The van der Waals surface area contributed by atoms with Gasteiger partial charge < -0.3 is 18.0 Å². The highest BCUT2D eigenvalue weighted by molar-refractivity contribution is 6.60. The lowest BCUT2D eigenvalue weighted by Crippen LogP contribution is -2.42. The van der Waals surface area contributed by atoms with Crippen LogP contribution in [0.5, 0.6) is 0 Å². The SMILES string of the molecule is CC=COCCCCCCCC[Si](OC)(OC)OC. The van der Waals surface area contributed by atoms with E-state index in [1.807, 2.05) is 13.0 Å². The predicted molar refractivity (Wildman–Crippen MR) is 80.1 cm³/mol. The van der Waals surface area contributed by atoms with Crippen molar-refractivity contribution in [1.82, 2.24) is 0 Å². The molecule has 0 spiro atoms. The van der Waals surface area contributed by atoms with E-state index in [1.54, 1.807) is 27.6 Å². The lowest BCUT2D eigenvalue weighted by molar-refractivity contribution is 0.122. The maximum absolute atomic E-state index is 5.39. The summed E-state index contributed by atoms with van der Waals surface area (Å²) in [5, 5.41) is 0. The van der Waals surface area contributed by atoms with Gasteiger partial charge in [-0.05, 0) is 19.8 Å². The van der Waals surface area contributed by atoms with Crippen LogP contribution in [0.15, 0.2) is 12.3 Å². The van der Waals surface area contributed by atoms with Crippen LogP contribution in [0.2, 0.25) is 6.04 Å². The van der Waals surface area contributed by atoms with E-state index < -0.39 is 8.80 Å². The topological polar surface area (TPSA) is 36.9 Å². The minimum Gasteiger partial charge on any atom is -0.502 e. The van der Waals surface area contributed by atoms with Gasteiger partial charge in [0.05, 0.1) is 12.9 Å². The molecule has 0 N–H and O–H groups in total. The van der Waals surface area contributed by atoms with Gasteiger partial charge in [0.15, 0.2) is 0 Å². The molecule has 114 valence electrons. The summed E-state index contributed by atoms with van der Waals surface area (Å²) in [4.78, 5) is 0. The fourth-order valence-electron chi connectivity index (χ4n) is 1.95. The minimum atomic E-state index is -2.34. The van der Waals surface area contributed by atoms with Crippen molar-refractivity contribution >= 4 is 8.80 Å². The number of unbranched alkanes of at least 4 members (excludes halogenated alkanes) is 5. The van der Waals surface area contributed by atoms with Gasteiger partial charge in [-0.2, -0.15) is 0 Å². The van der Waals surface area contributed by atoms with Crippen molar-refractivity contribution in [3.05, 3.63) is 12.3 Å². The third-order valence-corrected chi connectivity index (χ3v) is 5.99. The summed E-state index contributed by atoms with van der Waals surface area (Å²) in [5.74, 6) is 0. The Balaban J connectivity index is 3.39. The summed E-state index contributed by atoms with van der Waals surface area (Å²) in [6.45, 7) is 2.79. The van der Waals surface area contributed by atoms with Gasteiger partial charge in [0.25, 0.3) is 0 Å².